The molecule has 2 aromatic carbocycles. The molecule has 3 aromatic rings. The molecular formula is C18H14BrNO. The van der Waals surface area contributed by atoms with E-state index in [0.29, 0.717) is 12.5 Å². The molecule has 1 aromatic heterocycles. The van der Waals surface area contributed by atoms with Gasteiger partial charge in [0.05, 0.1) is 0 Å². The Morgan fingerprint density at radius 2 is 1.76 bits per heavy atom. The monoisotopic (exact) mass is 339 g/mol. The van der Waals surface area contributed by atoms with Crippen LogP contribution in [0.5, 0.6) is 5.88 Å². The normalized spacial score (nSPS) is 10.3. The minimum atomic E-state index is 0.513. The summed E-state index contributed by atoms with van der Waals surface area (Å²) in [5, 5.41) is 0. The molecule has 2 nitrogen and oxygen atoms in total. The van der Waals surface area contributed by atoms with Gasteiger partial charge in [0.1, 0.15) is 6.61 Å². The quantitative estimate of drug-likeness (QED) is 0.660. The Labute approximate surface area is 132 Å². The van der Waals surface area contributed by atoms with E-state index in [4.69, 9.17) is 4.74 Å². The van der Waals surface area contributed by atoms with Crippen molar-refractivity contribution in [3.8, 4) is 17.0 Å². The molecule has 0 atom stereocenters. The summed E-state index contributed by atoms with van der Waals surface area (Å²) in [6, 6.07) is 22.2. The number of hydrogen-bond acceptors (Lipinski definition) is 2. The molecule has 0 aliphatic heterocycles. The van der Waals surface area contributed by atoms with Crippen LogP contribution in [0.3, 0.4) is 0 Å². The predicted octanol–water partition coefficient (Wildman–Crippen LogP) is 5.09. The summed E-state index contributed by atoms with van der Waals surface area (Å²) < 4.78 is 6.93. The number of hydrogen-bond donors (Lipinski definition) is 0. The van der Waals surface area contributed by atoms with Gasteiger partial charge in [0.2, 0.25) is 5.88 Å². The molecule has 0 bridgehead atoms. The first-order valence-corrected chi connectivity index (χ1v) is 7.50. The third-order valence-electron chi connectivity index (χ3n) is 3.13. The maximum Gasteiger partial charge on any atom is 0.221 e. The van der Waals surface area contributed by atoms with E-state index in [1.807, 2.05) is 54.6 Å². The van der Waals surface area contributed by atoms with E-state index in [-0.39, 0.29) is 0 Å². The Hall–Kier alpha value is -2.13. The van der Waals surface area contributed by atoms with Crippen molar-refractivity contribution < 1.29 is 4.74 Å². The lowest BCUT2D eigenvalue weighted by atomic mass is 10.1. The van der Waals surface area contributed by atoms with E-state index in [9.17, 15) is 0 Å². The molecule has 0 unspecified atom stereocenters. The highest BCUT2D eigenvalue weighted by Crippen LogP contribution is 2.30. The zero-order valence-corrected chi connectivity index (χ0v) is 13.0. The summed E-state index contributed by atoms with van der Waals surface area (Å²) in [5.74, 6) is 0.652. The number of pyridine rings is 1. The molecule has 0 aliphatic rings. The van der Waals surface area contributed by atoms with Crippen molar-refractivity contribution in [3.63, 3.8) is 0 Å². The summed E-state index contributed by atoms with van der Waals surface area (Å²) in [4.78, 5) is 4.36. The zero-order chi connectivity index (χ0) is 14.5. The molecule has 0 saturated heterocycles. The van der Waals surface area contributed by atoms with Crippen LogP contribution in [0.4, 0.5) is 0 Å². The van der Waals surface area contributed by atoms with Gasteiger partial charge in [-0.05, 0) is 35.4 Å². The van der Waals surface area contributed by atoms with Crippen molar-refractivity contribution in [1.82, 2.24) is 4.98 Å². The number of aromatic nitrogens is 1. The van der Waals surface area contributed by atoms with Crippen molar-refractivity contribution in [3.05, 3.63) is 83.0 Å². The van der Waals surface area contributed by atoms with Gasteiger partial charge >= 0.3 is 0 Å². The van der Waals surface area contributed by atoms with Crippen LogP contribution in [-0.2, 0) is 6.61 Å². The molecule has 1 heterocycles. The third-order valence-corrected chi connectivity index (χ3v) is 3.62. The zero-order valence-electron chi connectivity index (χ0n) is 11.4. The SMILES string of the molecule is Brc1cccc(-c2cccnc2OCc2ccccc2)c1. The van der Waals surface area contributed by atoms with Gasteiger partial charge in [-0.15, -0.1) is 0 Å². The van der Waals surface area contributed by atoms with E-state index in [1.165, 1.54) is 0 Å². The van der Waals surface area contributed by atoms with Crippen LogP contribution in [0, 0.1) is 0 Å². The van der Waals surface area contributed by atoms with Crippen molar-refractivity contribution in [1.29, 1.82) is 0 Å². The fourth-order valence-corrected chi connectivity index (χ4v) is 2.51. The van der Waals surface area contributed by atoms with Crippen molar-refractivity contribution >= 4 is 15.9 Å². The summed E-state index contributed by atoms with van der Waals surface area (Å²) in [6.07, 6.45) is 1.75. The van der Waals surface area contributed by atoms with Crippen molar-refractivity contribution in [2.24, 2.45) is 0 Å². The van der Waals surface area contributed by atoms with Gasteiger partial charge in [-0.2, -0.15) is 0 Å². The van der Waals surface area contributed by atoms with Crippen LogP contribution >= 0.6 is 15.9 Å². The van der Waals surface area contributed by atoms with Crippen LogP contribution in [0.15, 0.2) is 77.4 Å². The topological polar surface area (TPSA) is 22.1 Å². The largest absolute Gasteiger partial charge is 0.472 e. The van der Waals surface area contributed by atoms with Gasteiger partial charge in [-0.25, -0.2) is 4.98 Å². The number of halogens is 1. The molecule has 3 heteroatoms. The van der Waals surface area contributed by atoms with Crippen LogP contribution in [0.25, 0.3) is 11.1 Å². The average Bonchev–Trinajstić information content (AvgIpc) is 2.54. The van der Waals surface area contributed by atoms with Crippen LogP contribution in [0.2, 0.25) is 0 Å². The van der Waals surface area contributed by atoms with Crippen LogP contribution < -0.4 is 4.74 Å². The first kappa shape index (κ1) is 13.8. The van der Waals surface area contributed by atoms with Gasteiger partial charge in [0, 0.05) is 16.2 Å². The molecule has 0 spiro atoms. The summed E-state index contributed by atoms with van der Waals surface area (Å²) in [7, 11) is 0. The molecule has 21 heavy (non-hydrogen) atoms. The van der Waals surface area contributed by atoms with Crippen LogP contribution in [-0.4, -0.2) is 4.98 Å². The van der Waals surface area contributed by atoms with E-state index >= 15 is 0 Å². The molecule has 0 amide bonds. The molecule has 3 rings (SSSR count). The Morgan fingerprint density at radius 3 is 2.57 bits per heavy atom. The lowest BCUT2D eigenvalue weighted by Gasteiger charge is -2.10. The summed E-state index contributed by atoms with van der Waals surface area (Å²) >= 11 is 3.50. The van der Waals surface area contributed by atoms with E-state index in [2.05, 4.69) is 33.0 Å². The predicted molar refractivity (Wildman–Crippen MR) is 88.1 cm³/mol. The van der Waals surface area contributed by atoms with Crippen molar-refractivity contribution in [2.45, 2.75) is 6.61 Å². The standard InChI is InChI=1S/C18H14BrNO/c19-16-9-4-8-15(12-16)17-10-5-11-20-18(17)21-13-14-6-2-1-3-7-14/h1-12H,13H2. The van der Waals surface area contributed by atoms with Gasteiger partial charge in [0.25, 0.3) is 0 Å². The summed E-state index contributed by atoms with van der Waals surface area (Å²) in [6.45, 7) is 0.513. The van der Waals surface area contributed by atoms with E-state index < -0.39 is 0 Å². The summed E-state index contributed by atoms with van der Waals surface area (Å²) in [5.41, 5.74) is 3.21. The van der Waals surface area contributed by atoms with Gasteiger partial charge in [0.15, 0.2) is 0 Å². The second kappa shape index (κ2) is 6.55. The minimum Gasteiger partial charge on any atom is -0.472 e. The lowest BCUT2D eigenvalue weighted by molar-refractivity contribution is 0.295. The Kier molecular flexibility index (Phi) is 4.31. The van der Waals surface area contributed by atoms with Crippen LogP contribution in [0.1, 0.15) is 5.56 Å². The first-order chi connectivity index (χ1) is 10.3. The highest BCUT2D eigenvalue weighted by atomic mass is 79.9. The molecule has 0 aliphatic carbocycles. The highest BCUT2D eigenvalue weighted by Gasteiger charge is 2.07. The molecule has 0 saturated carbocycles. The Morgan fingerprint density at radius 1 is 0.905 bits per heavy atom. The number of rotatable bonds is 4. The number of nitrogens with zero attached hydrogens (tertiary/aromatic N) is 1. The maximum atomic E-state index is 5.89. The highest BCUT2D eigenvalue weighted by molar-refractivity contribution is 9.10. The molecule has 0 fully saturated rings. The fraction of sp³-hybridized carbons (Fsp3) is 0.0556. The van der Waals surface area contributed by atoms with Crippen molar-refractivity contribution in [2.75, 3.05) is 0 Å². The molecular weight excluding hydrogens is 326 g/mol. The lowest BCUT2D eigenvalue weighted by Crippen LogP contribution is -1.98. The van der Waals surface area contributed by atoms with Gasteiger partial charge in [-0.1, -0.05) is 58.4 Å². The Balaban J connectivity index is 1.86. The van der Waals surface area contributed by atoms with E-state index in [0.717, 1.165) is 21.2 Å². The molecule has 0 radical (unpaired) electrons. The molecule has 0 N–H and O–H groups in total. The average molecular weight is 340 g/mol. The number of benzene rings is 2. The second-order valence-corrected chi connectivity index (χ2v) is 5.56. The van der Waals surface area contributed by atoms with Gasteiger partial charge < -0.3 is 4.74 Å². The first-order valence-electron chi connectivity index (χ1n) is 6.70. The minimum absolute atomic E-state index is 0.513. The van der Waals surface area contributed by atoms with Gasteiger partial charge in [-0.3, -0.25) is 0 Å². The third kappa shape index (κ3) is 3.50. The second-order valence-electron chi connectivity index (χ2n) is 4.64. The number of ether oxygens (including phenoxy) is 1. The van der Waals surface area contributed by atoms with E-state index in [1.54, 1.807) is 6.20 Å². The molecule has 104 valence electrons. The Bertz CT molecular complexity index is 728. The smallest absolute Gasteiger partial charge is 0.221 e. The fourth-order valence-electron chi connectivity index (χ4n) is 2.11. The maximum absolute atomic E-state index is 5.89.